The van der Waals surface area contributed by atoms with Crippen LogP contribution in [-0.4, -0.2) is 11.1 Å². The summed E-state index contributed by atoms with van der Waals surface area (Å²) in [6.45, 7) is 1.78. The number of rotatable bonds is 2. The number of carboxylic acid groups (broad SMARTS) is 1. The van der Waals surface area contributed by atoms with Gasteiger partial charge in [-0.15, -0.1) is 0 Å². The monoisotopic (exact) mass is 214 g/mol. The molecule has 1 atom stereocenters. The molecule has 1 aliphatic rings. The van der Waals surface area contributed by atoms with E-state index in [0.29, 0.717) is 6.42 Å². The average molecular weight is 214 g/mol. The van der Waals surface area contributed by atoms with Crippen LogP contribution in [0, 0.1) is 5.41 Å². The van der Waals surface area contributed by atoms with Gasteiger partial charge in [-0.25, -0.2) is 0 Å². The largest absolute Gasteiger partial charge is 0.481 e. The van der Waals surface area contributed by atoms with Gasteiger partial charge in [0.05, 0.1) is 5.41 Å². The van der Waals surface area contributed by atoms with Crippen LogP contribution in [-0.2, 0) is 4.79 Å². The summed E-state index contributed by atoms with van der Waals surface area (Å²) in [5, 5.41) is 9.35. The van der Waals surface area contributed by atoms with Gasteiger partial charge in [-0.3, -0.25) is 4.79 Å². The van der Waals surface area contributed by atoms with Crippen molar-refractivity contribution in [3.63, 3.8) is 0 Å². The summed E-state index contributed by atoms with van der Waals surface area (Å²) in [6.07, 6.45) is 6.27. The van der Waals surface area contributed by atoms with Crippen LogP contribution in [0.25, 0.3) is 5.57 Å². The van der Waals surface area contributed by atoms with Crippen molar-refractivity contribution >= 4 is 11.5 Å². The lowest BCUT2D eigenvalue weighted by Crippen LogP contribution is -2.29. The smallest absolute Gasteiger partial charge is 0.314 e. The number of hydrogen-bond donors (Lipinski definition) is 1. The molecular weight excluding hydrogens is 200 g/mol. The Balaban J connectivity index is 2.49. The molecule has 0 amide bonds. The van der Waals surface area contributed by atoms with Crippen LogP contribution < -0.4 is 0 Å². The molecule has 82 valence electrons. The molecule has 2 rings (SSSR count). The number of allylic oxidation sites excluding steroid dienone is 3. The van der Waals surface area contributed by atoms with Crippen molar-refractivity contribution in [1.29, 1.82) is 0 Å². The molecule has 0 heterocycles. The minimum atomic E-state index is -0.809. The molecule has 0 saturated carbocycles. The molecule has 2 nitrogen and oxygen atoms in total. The molecule has 1 aromatic rings. The first-order valence-electron chi connectivity index (χ1n) is 5.31. The van der Waals surface area contributed by atoms with Gasteiger partial charge in [0, 0.05) is 0 Å². The highest BCUT2D eigenvalue weighted by atomic mass is 16.4. The fourth-order valence-electron chi connectivity index (χ4n) is 2.00. The summed E-state index contributed by atoms with van der Waals surface area (Å²) in [5.41, 5.74) is 1.05. The molecule has 0 bridgehead atoms. The second kappa shape index (κ2) is 3.97. The molecule has 0 saturated heterocycles. The quantitative estimate of drug-likeness (QED) is 0.821. The Kier molecular flexibility index (Phi) is 2.65. The molecule has 0 spiro atoms. The van der Waals surface area contributed by atoms with Crippen LogP contribution in [0.1, 0.15) is 18.9 Å². The van der Waals surface area contributed by atoms with Gasteiger partial charge in [-0.05, 0) is 24.5 Å². The van der Waals surface area contributed by atoms with E-state index < -0.39 is 11.4 Å². The standard InChI is InChI=1S/C14H14O2/c1-14(13(15)16)10-6-5-9-12(14)11-7-3-2-4-8-11/h2-9H,10H2,1H3,(H,15,16). The van der Waals surface area contributed by atoms with Crippen molar-refractivity contribution in [1.82, 2.24) is 0 Å². The lowest BCUT2D eigenvalue weighted by Gasteiger charge is -2.29. The fraction of sp³-hybridized carbons (Fsp3) is 0.214. The van der Waals surface area contributed by atoms with Crippen LogP contribution in [0.3, 0.4) is 0 Å². The Morgan fingerprint density at radius 2 is 2.00 bits per heavy atom. The zero-order chi connectivity index (χ0) is 11.6. The zero-order valence-corrected chi connectivity index (χ0v) is 9.18. The van der Waals surface area contributed by atoms with E-state index in [1.807, 2.05) is 48.6 Å². The van der Waals surface area contributed by atoms with Crippen molar-refractivity contribution in [2.45, 2.75) is 13.3 Å². The summed E-state index contributed by atoms with van der Waals surface area (Å²) < 4.78 is 0. The molecule has 0 fully saturated rings. The van der Waals surface area contributed by atoms with Gasteiger partial charge in [0.2, 0.25) is 0 Å². The maximum absolute atomic E-state index is 11.4. The number of aliphatic carboxylic acids is 1. The summed E-state index contributed by atoms with van der Waals surface area (Å²) in [7, 11) is 0. The topological polar surface area (TPSA) is 37.3 Å². The number of carboxylic acids is 1. The minimum Gasteiger partial charge on any atom is -0.481 e. The summed E-state index contributed by atoms with van der Waals surface area (Å²) >= 11 is 0. The van der Waals surface area contributed by atoms with E-state index in [2.05, 4.69) is 0 Å². The van der Waals surface area contributed by atoms with E-state index in [-0.39, 0.29) is 0 Å². The van der Waals surface area contributed by atoms with E-state index in [0.717, 1.165) is 11.1 Å². The summed E-state index contributed by atoms with van der Waals surface area (Å²) in [6, 6.07) is 9.69. The second-order valence-corrected chi connectivity index (χ2v) is 4.22. The maximum atomic E-state index is 11.4. The first-order valence-corrected chi connectivity index (χ1v) is 5.31. The predicted octanol–water partition coefficient (Wildman–Crippen LogP) is 3.12. The van der Waals surface area contributed by atoms with Gasteiger partial charge in [-0.1, -0.05) is 48.6 Å². The first kappa shape index (κ1) is 10.7. The van der Waals surface area contributed by atoms with E-state index in [1.165, 1.54) is 0 Å². The van der Waals surface area contributed by atoms with Gasteiger partial charge in [0.25, 0.3) is 0 Å². The Morgan fingerprint density at radius 3 is 2.62 bits per heavy atom. The molecule has 0 aliphatic heterocycles. The molecular formula is C14H14O2. The maximum Gasteiger partial charge on any atom is 0.314 e. The Bertz CT molecular complexity index is 457. The lowest BCUT2D eigenvalue weighted by molar-refractivity contribution is -0.144. The molecule has 0 radical (unpaired) electrons. The van der Waals surface area contributed by atoms with Crippen LogP contribution >= 0.6 is 0 Å². The Hall–Kier alpha value is -1.83. The third-order valence-electron chi connectivity index (χ3n) is 3.08. The van der Waals surface area contributed by atoms with Gasteiger partial charge in [-0.2, -0.15) is 0 Å². The Morgan fingerprint density at radius 1 is 1.31 bits per heavy atom. The van der Waals surface area contributed by atoms with Gasteiger partial charge >= 0.3 is 5.97 Å². The van der Waals surface area contributed by atoms with Crippen LogP contribution in [0.15, 0.2) is 48.6 Å². The van der Waals surface area contributed by atoms with Crippen LogP contribution in [0.4, 0.5) is 0 Å². The third-order valence-corrected chi connectivity index (χ3v) is 3.08. The lowest BCUT2D eigenvalue weighted by atomic mass is 9.73. The molecule has 16 heavy (non-hydrogen) atoms. The first-order chi connectivity index (χ1) is 7.64. The van der Waals surface area contributed by atoms with Crippen molar-refractivity contribution in [2.75, 3.05) is 0 Å². The highest BCUT2D eigenvalue weighted by molar-refractivity contribution is 5.93. The second-order valence-electron chi connectivity index (χ2n) is 4.22. The zero-order valence-electron chi connectivity index (χ0n) is 9.18. The number of benzene rings is 1. The van der Waals surface area contributed by atoms with Gasteiger partial charge in [0.1, 0.15) is 0 Å². The highest BCUT2D eigenvalue weighted by Gasteiger charge is 2.37. The molecule has 1 unspecified atom stereocenters. The molecule has 2 heteroatoms. The Labute approximate surface area is 94.9 Å². The third kappa shape index (κ3) is 1.67. The SMILES string of the molecule is CC1(C(=O)O)CC=CC=C1c1ccccc1. The van der Waals surface area contributed by atoms with Crippen molar-refractivity contribution < 1.29 is 9.90 Å². The molecule has 1 N–H and O–H groups in total. The fourth-order valence-corrected chi connectivity index (χ4v) is 2.00. The van der Waals surface area contributed by atoms with Gasteiger partial charge < -0.3 is 5.11 Å². The summed E-state index contributed by atoms with van der Waals surface area (Å²) in [4.78, 5) is 11.4. The van der Waals surface area contributed by atoms with E-state index in [9.17, 15) is 9.90 Å². The van der Waals surface area contributed by atoms with Crippen molar-refractivity contribution in [3.05, 3.63) is 54.1 Å². The predicted molar refractivity (Wildman–Crippen MR) is 63.9 cm³/mol. The molecule has 1 aliphatic carbocycles. The normalized spacial score (nSPS) is 23.9. The molecule has 1 aromatic carbocycles. The minimum absolute atomic E-state index is 0.545. The number of carbonyl (C=O) groups is 1. The summed E-state index contributed by atoms with van der Waals surface area (Å²) in [5.74, 6) is -0.771. The van der Waals surface area contributed by atoms with E-state index in [4.69, 9.17) is 0 Å². The van der Waals surface area contributed by atoms with Crippen LogP contribution in [0.5, 0.6) is 0 Å². The molecule has 0 aromatic heterocycles. The van der Waals surface area contributed by atoms with Crippen molar-refractivity contribution in [3.8, 4) is 0 Å². The number of hydrogen-bond acceptors (Lipinski definition) is 1. The highest BCUT2D eigenvalue weighted by Crippen LogP contribution is 2.40. The van der Waals surface area contributed by atoms with E-state index in [1.54, 1.807) is 6.92 Å². The van der Waals surface area contributed by atoms with Crippen LogP contribution in [0.2, 0.25) is 0 Å². The average Bonchev–Trinajstić information content (AvgIpc) is 2.30. The van der Waals surface area contributed by atoms with E-state index >= 15 is 0 Å². The van der Waals surface area contributed by atoms with Crippen molar-refractivity contribution in [2.24, 2.45) is 5.41 Å². The van der Waals surface area contributed by atoms with Gasteiger partial charge in [0.15, 0.2) is 0 Å².